The molecule has 0 saturated carbocycles. The number of Topliss-reactive ketones (excluding diaryl/α,β-unsaturated/α-hetero) is 1. The summed E-state index contributed by atoms with van der Waals surface area (Å²) < 4.78 is 57.5. The Morgan fingerprint density at radius 2 is 1.50 bits per heavy atom. The van der Waals surface area contributed by atoms with Crippen molar-refractivity contribution >= 4 is 27.7 Å². The van der Waals surface area contributed by atoms with Crippen molar-refractivity contribution < 1.29 is 30.9 Å². The number of thioether (sulfide) groups is 1. The summed E-state index contributed by atoms with van der Waals surface area (Å²) in [6.45, 7) is 10.4. The normalized spacial score (nSPS) is 16.0. The van der Waals surface area contributed by atoms with Crippen molar-refractivity contribution in [2.75, 3.05) is 5.75 Å². The first-order valence-electron chi connectivity index (χ1n) is 7.06. The lowest BCUT2D eigenvalue weighted by Crippen LogP contribution is -2.42. The Morgan fingerprint density at radius 1 is 1.17 bits per heavy atom. The molecule has 0 saturated heterocycles. The molecule has 0 unspecified atom stereocenters. The van der Waals surface area contributed by atoms with Crippen LogP contribution in [0, 0.1) is 0 Å². The summed E-state index contributed by atoms with van der Waals surface area (Å²) in [6, 6.07) is 0.925. The van der Waals surface area contributed by atoms with Crippen LogP contribution in [0.2, 0.25) is 0 Å². The Morgan fingerprint density at radius 3 is 1.71 bits per heavy atom. The van der Waals surface area contributed by atoms with Crippen LogP contribution in [0.1, 0.15) is 34.6 Å². The molecule has 0 aromatic rings. The van der Waals surface area contributed by atoms with E-state index in [1.54, 1.807) is 18.7 Å². The highest BCUT2D eigenvalue weighted by Gasteiger charge is 2.44. The van der Waals surface area contributed by atoms with E-state index in [-0.39, 0.29) is 11.3 Å². The molecule has 6 nitrogen and oxygen atoms in total. The zero-order chi connectivity index (χ0) is 19.3. The number of halogens is 3. The molecular formula is C13H23F3N2O4S2. The van der Waals surface area contributed by atoms with E-state index in [1.165, 1.54) is 0 Å². The average molecular weight is 392 g/mol. The van der Waals surface area contributed by atoms with E-state index in [2.05, 4.69) is 49.9 Å². The quantitative estimate of drug-likeness (QED) is 0.569. The average Bonchev–Trinajstić information content (AvgIpc) is 2.78. The topological polar surface area (TPSA) is 77.9 Å². The summed E-state index contributed by atoms with van der Waals surface area (Å²) in [7, 11) is -5.84. The molecule has 0 radical (unpaired) electrons. The van der Waals surface area contributed by atoms with E-state index in [0.717, 1.165) is 0 Å². The Hall–Kier alpha value is -0.940. The van der Waals surface area contributed by atoms with E-state index < -0.39 is 15.6 Å². The fraction of sp³-hybridized carbons (Fsp3) is 0.769. The largest absolute Gasteiger partial charge is 0.522 e. The van der Waals surface area contributed by atoms with Crippen molar-refractivity contribution in [3.8, 4) is 0 Å². The van der Waals surface area contributed by atoms with Gasteiger partial charge in [0.2, 0.25) is 0 Å². The summed E-state index contributed by atoms with van der Waals surface area (Å²) in [5.41, 5.74) is -5.27. The number of hydrogen-bond acceptors (Lipinski definition) is 6. The number of carbonyl (C=O) groups is 1. The maximum absolute atomic E-state index is 11.1. The standard InChI is InChI=1S/C12H22N2OS.CHF3O3S/c1-9(2)13-6-7-14(10(3)4)12(13)16-8-11(5)15;2-1(3,4)8(5,6)7/h6-7,9-10,12H,8H2,1-5H3;(H,5,6,7). The minimum Gasteiger partial charge on any atom is -0.345 e. The fourth-order valence-electron chi connectivity index (χ4n) is 1.67. The first-order valence-corrected chi connectivity index (χ1v) is 9.55. The van der Waals surface area contributed by atoms with Gasteiger partial charge in [0.05, 0.1) is 5.75 Å². The number of nitrogens with zero attached hydrogens (tertiary/aromatic N) is 2. The zero-order valence-corrected chi connectivity index (χ0v) is 15.7. The van der Waals surface area contributed by atoms with Crippen molar-refractivity contribution in [2.24, 2.45) is 0 Å². The number of ketones is 1. The second-order valence-corrected chi connectivity index (χ2v) is 8.10. The van der Waals surface area contributed by atoms with Crippen LogP contribution in [-0.2, 0) is 14.9 Å². The van der Waals surface area contributed by atoms with Gasteiger partial charge in [-0.25, -0.2) is 0 Å². The Labute approximate surface area is 144 Å². The van der Waals surface area contributed by atoms with Crippen LogP contribution < -0.4 is 0 Å². The molecule has 1 heterocycles. The van der Waals surface area contributed by atoms with E-state index in [0.29, 0.717) is 17.8 Å². The highest BCUT2D eigenvalue weighted by molar-refractivity contribution is 8.00. The predicted molar refractivity (Wildman–Crippen MR) is 87.6 cm³/mol. The highest BCUT2D eigenvalue weighted by atomic mass is 32.2. The molecule has 1 rings (SSSR count). The molecule has 0 aromatic carbocycles. The van der Waals surface area contributed by atoms with Gasteiger partial charge in [0.1, 0.15) is 5.78 Å². The van der Waals surface area contributed by atoms with Gasteiger partial charge in [0, 0.05) is 24.5 Å². The Bertz CT molecular complexity index is 530. The lowest BCUT2D eigenvalue weighted by molar-refractivity contribution is -0.114. The van der Waals surface area contributed by atoms with Gasteiger partial charge < -0.3 is 9.80 Å². The van der Waals surface area contributed by atoms with Crippen LogP contribution in [0.4, 0.5) is 13.2 Å². The summed E-state index contributed by atoms with van der Waals surface area (Å²) in [5.74, 6) is 0.822. The number of carbonyl (C=O) groups excluding carboxylic acids is 1. The van der Waals surface area contributed by atoms with Crippen molar-refractivity contribution in [3.05, 3.63) is 12.4 Å². The molecule has 24 heavy (non-hydrogen) atoms. The molecule has 0 fully saturated rings. The molecule has 0 atom stereocenters. The molecule has 1 aliphatic heterocycles. The van der Waals surface area contributed by atoms with E-state index in [4.69, 9.17) is 13.0 Å². The fourth-order valence-corrected chi connectivity index (χ4v) is 3.03. The lowest BCUT2D eigenvalue weighted by Gasteiger charge is -2.36. The van der Waals surface area contributed by atoms with Gasteiger partial charge in [-0.2, -0.15) is 21.6 Å². The maximum Gasteiger partial charge on any atom is 0.522 e. The third-order valence-corrected chi connectivity index (χ3v) is 4.78. The SMILES string of the molecule is CC(=O)CSC1N(C(C)C)C=CN1C(C)C.O=S(=O)(O)C(F)(F)F. The zero-order valence-electron chi connectivity index (χ0n) is 14.1. The second kappa shape index (κ2) is 8.95. The van der Waals surface area contributed by atoms with Gasteiger partial charge in [-0.1, -0.05) is 0 Å². The minimum atomic E-state index is -5.84. The van der Waals surface area contributed by atoms with Gasteiger partial charge in [0.15, 0.2) is 5.50 Å². The minimum absolute atomic E-state index is 0.240. The highest BCUT2D eigenvalue weighted by Crippen LogP contribution is 2.29. The van der Waals surface area contributed by atoms with E-state index in [9.17, 15) is 18.0 Å². The van der Waals surface area contributed by atoms with Crippen molar-refractivity contribution in [3.63, 3.8) is 0 Å². The van der Waals surface area contributed by atoms with E-state index in [1.807, 2.05) is 0 Å². The Kier molecular flexibility index (Phi) is 8.60. The second-order valence-electron chi connectivity index (χ2n) is 5.64. The third-order valence-electron chi connectivity index (χ3n) is 2.84. The van der Waals surface area contributed by atoms with Crippen LogP contribution in [0.5, 0.6) is 0 Å². The van der Waals surface area contributed by atoms with E-state index >= 15 is 0 Å². The van der Waals surface area contributed by atoms with Crippen molar-refractivity contribution in [1.82, 2.24) is 9.80 Å². The molecule has 1 N–H and O–H groups in total. The molecule has 11 heteroatoms. The first-order chi connectivity index (χ1) is 10.7. The third kappa shape index (κ3) is 7.31. The van der Waals surface area contributed by atoms with Gasteiger partial charge in [0.25, 0.3) is 0 Å². The smallest absolute Gasteiger partial charge is 0.345 e. The molecule has 0 spiro atoms. The number of hydrogen-bond donors (Lipinski definition) is 1. The van der Waals surface area contributed by atoms with Crippen LogP contribution in [0.25, 0.3) is 0 Å². The molecule has 0 bridgehead atoms. The summed E-state index contributed by atoms with van der Waals surface area (Å²) in [6.07, 6.45) is 4.25. The first kappa shape index (κ1) is 23.1. The van der Waals surface area contributed by atoms with Gasteiger partial charge in [-0.05, 0) is 34.6 Å². The molecule has 1 aliphatic rings. The van der Waals surface area contributed by atoms with Crippen LogP contribution in [0.3, 0.4) is 0 Å². The monoisotopic (exact) mass is 392 g/mol. The Balaban J connectivity index is 0.000000561. The van der Waals surface area contributed by atoms with Gasteiger partial charge in [-0.15, -0.1) is 11.8 Å². The van der Waals surface area contributed by atoms with Crippen LogP contribution >= 0.6 is 11.8 Å². The summed E-state index contributed by atoms with van der Waals surface area (Å²) in [5, 5.41) is 0. The lowest BCUT2D eigenvalue weighted by atomic mass is 10.3. The molecule has 0 aromatic heterocycles. The molecule has 142 valence electrons. The predicted octanol–water partition coefficient (Wildman–Crippen LogP) is 2.89. The number of rotatable bonds is 5. The number of alkyl halides is 3. The molecular weight excluding hydrogens is 369 g/mol. The van der Waals surface area contributed by atoms with Gasteiger partial charge in [-0.3, -0.25) is 9.35 Å². The molecule has 0 amide bonds. The maximum atomic E-state index is 11.1. The summed E-state index contributed by atoms with van der Waals surface area (Å²) in [4.78, 5) is 15.7. The summed E-state index contributed by atoms with van der Waals surface area (Å²) >= 11 is 1.70. The van der Waals surface area contributed by atoms with Crippen LogP contribution in [-0.4, -0.2) is 57.4 Å². The van der Waals surface area contributed by atoms with Crippen molar-refractivity contribution in [2.45, 2.75) is 57.7 Å². The van der Waals surface area contributed by atoms with Crippen molar-refractivity contribution in [1.29, 1.82) is 0 Å². The molecule has 0 aliphatic carbocycles. The van der Waals surface area contributed by atoms with Gasteiger partial charge >= 0.3 is 15.6 Å². The van der Waals surface area contributed by atoms with Crippen LogP contribution in [0.15, 0.2) is 12.4 Å².